The van der Waals surface area contributed by atoms with Gasteiger partial charge < -0.3 is 15.3 Å². The first-order chi connectivity index (χ1) is 10.9. The Morgan fingerprint density at radius 3 is 2.74 bits per heavy atom. The zero-order valence-electron chi connectivity index (χ0n) is 12.8. The maximum Gasteiger partial charge on any atom is 0.326 e. The fourth-order valence-electron chi connectivity index (χ4n) is 2.62. The first-order valence-electron chi connectivity index (χ1n) is 7.52. The second kappa shape index (κ2) is 7.59. The van der Waals surface area contributed by atoms with Gasteiger partial charge in [0.05, 0.1) is 11.6 Å². The molecule has 1 aromatic rings. The number of para-hydroxylation sites is 1. The highest BCUT2D eigenvalue weighted by atomic mass is 79.9. The largest absolute Gasteiger partial charge is 0.480 e. The van der Waals surface area contributed by atoms with Crippen LogP contribution >= 0.6 is 15.9 Å². The minimum absolute atomic E-state index is 0.0889. The Kier molecular flexibility index (Phi) is 5.76. The molecule has 2 amide bonds. The van der Waals surface area contributed by atoms with Crippen molar-refractivity contribution in [2.75, 3.05) is 11.4 Å². The number of halogens is 1. The second-order valence-electron chi connectivity index (χ2n) is 5.54. The van der Waals surface area contributed by atoms with Crippen LogP contribution in [0.25, 0.3) is 0 Å². The molecule has 0 spiro atoms. The molecule has 23 heavy (non-hydrogen) atoms. The first kappa shape index (κ1) is 17.5. The standard InChI is InChI=1S/C16H19BrN2O4/c1-2-5-12(16(22)23)18-15(21)10-8-14(20)19(9-10)13-7-4-3-6-11(13)17/h3-4,6-7,10,12H,2,5,8-9H2,1H3,(H,18,21)(H,22,23). The van der Waals surface area contributed by atoms with Crippen molar-refractivity contribution in [1.29, 1.82) is 0 Å². The monoisotopic (exact) mass is 382 g/mol. The van der Waals surface area contributed by atoms with Gasteiger partial charge in [-0.3, -0.25) is 9.59 Å². The van der Waals surface area contributed by atoms with E-state index in [1.54, 1.807) is 11.0 Å². The molecular weight excluding hydrogens is 364 g/mol. The van der Waals surface area contributed by atoms with Crippen LogP contribution in [0.2, 0.25) is 0 Å². The number of nitrogens with zero attached hydrogens (tertiary/aromatic N) is 1. The SMILES string of the molecule is CCCC(NC(=O)C1CC(=O)N(c2ccccc2Br)C1)C(=O)O. The van der Waals surface area contributed by atoms with Crippen molar-refractivity contribution in [3.8, 4) is 0 Å². The number of carbonyl (C=O) groups excluding carboxylic acids is 2. The van der Waals surface area contributed by atoms with E-state index in [-0.39, 0.29) is 24.8 Å². The Labute approximate surface area is 143 Å². The van der Waals surface area contributed by atoms with Crippen molar-refractivity contribution in [1.82, 2.24) is 5.32 Å². The molecule has 2 N–H and O–H groups in total. The molecular formula is C16H19BrN2O4. The van der Waals surface area contributed by atoms with E-state index in [2.05, 4.69) is 21.2 Å². The van der Waals surface area contributed by atoms with Crippen molar-refractivity contribution >= 4 is 39.4 Å². The molecule has 1 saturated heterocycles. The summed E-state index contributed by atoms with van der Waals surface area (Å²) in [5.74, 6) is -2.10. The molecule has 0 bridgehead atoms. The van der Waals surface area contributed by atoms with Gasteiger partial charge in [0.1, 0.15) is 6.04 Å². The zero-order valence-corrected chi connectivity index (χ0v) is 14.4. The number of carboxylic acid groups (broad SMARTS) is 1. The van der Waals surface area contributed by atoms with Crippen LogP contribution in [0.1, 0.15) is 26.2 Å². The quantitative estimate of drug-likeness (QED) is 0.789. The molecule has 0 aliphatic carbocycles. The Hall–Kier alpha value is -1.89. The molecule has 6 nitrogen and oxygen atoms in total. The van der Waals surface area contributed by atoms with Crippen LogP contribution in [0.5, 0.6) is 0 Å². The van der Waals surface area contributed by atoms with Gasteiger partial charge in [0, 0.05) is 17.4 Å². The van der Waals surface area contributed by atoms with E-state index >= 15 is 0 Å². The van der Waals surface area contributed by atoms with E-state index in [1.165, 1.54) is 0 Å². The van der Waals surface area contributed by atoms with Gasteiger partial charge in [0.15, 0.2) is 0 Å². The summed E-state index contributed by atoms with van der Waals surface area (Å²) in [6.07, 6.45) is 1.12. The molecule has 1 fully saturated rings. The van der Waals surface area contributed by atoms with Crippen molar-refractivity contribution in [3.05, 3.63) is 28.7 Å². The second-order valence-corrected chi connectivity index (χ2v) is 6.40. The van der Waals surface area contributed by atoms with Crippen LogP contribution in [0.4, 0.5) is 5.69 Å². The van der Waals surface area contributed by atoms with Crippen LogP contribution in [-0.2, 0) is 14.4 Å². The summed E-state index contributed by atoms with van der Waals surface area (Å²) in [6.45, 7) is 2.11. The van der Waals surface area contributed by atoms with Gasteiger partial charge >= 0.3 is 5.97 Å². The lowest BCUT2D eigenvalue weighted by Gasteiger charge is -2.19. The third-order valence-electron chi connectivity index (χ3n) is 3.83. The van der Waals surface area contributed by atoms with Crippen LogP contribution in [0.3, 0.4) is 0 Å². The van der Waals surface area contributed by atoms with Crippen LogP contribution in [-0.4, -0.2) is 35.5 Å². The molecule has 0 saturated carbocycles. The number of hydrogen-bond acceptors (Lipinski definition) is 3. The molecule has 2 atom stereocenters. The van der Waals surface area contributed by atoms with E-state index in [0.29, 0.717) is 12.8 Å². The van der Waals surface area contributed by atoms with Crippen molar-refractivity contribution in [3.63, 3.8) is 0 Å². The molecule has 1 aliphatic heterocycles. The molecule has 2 rings (SSSR count). The number of rotatable bonds is 6. The smallest absolute Gasteiger partial charge is 0.326 e. The van der Waals surface area contributed by atoms with Gasteiger partial charge in [-0.25, -0.2) is 4.79 Å². The van der Waals surface area contributed by atoms with Gasteiger partial charge in [-0.15, -0.1) is 0 Å². The Bertz CT molecular complexity index is 620. The minimum atomic E-state index is -1.05. The third kappa shape index (κ3) is 4.10. The molecule has 7 heteroatoms. The predicted molar refractivity (Wildman–Crippen MR) is 89.1 cm³/mol. The molecule has 1 aromatic carbocycles. The number of hydrogen-bond donors (Lipinski definition) is 2. The van der Waals surface area contributed by atoms with E-state index < -0.39 is 17.9 Å². The van der Waals surface area contributed by atoms with Gasteiger partial charge in [-0.1, -0.05) is 25.5 Å². The maximum atomic E-state index is 12.3. The van der Waals surface area contributed by atoms with E-state index in [1.807, 2.05) is 25.1 Å². The topological polar surface area (TPSA) is 86.7 Å². The molecule has 0 radical (unpaired) electrons. The lowest BCUT2D eigenvalue weighted by atomic mass is 10.1. The van der Waals surface area contributed by atoms with Gasteiger partial charge in [-0.05, 0) is 34.5 Å². The molecule has 1 heterocycles. The Balaban J connectivity index is 2.06. The lowest BCUT2D eigenvalue weighted by molar-refractivity contribution is -0.142. The van der Waals surface area contributed by atoms with Crippen molar-refractivity contribution in [2.24, 2.45) is 5.92 Å². The number of aliphatic carboxylic acids is 1. The zero-order chi connectivity index (χ0) is 17.0. The fraction of sp³-hybridized carbons (Fsp3) is 0.438. The summed E-state index contributed by atoms with van der Waals surface area (Å²) in [5, 5.41) is 11.7. The van der Waals surface area contributed by atoms with Gasteiger partial charge in [-0.2, -0.15) is 0 Å². The predicted octanol–water partition coefficient (Wildman–Crippen LogP) is 2.17. The van der Waals surface area contributed by atoms with Crippen LogP contribution in [0.15, 0.2) is 28.7 Å². The lowest BCUT2D eigenvalue weighted by Crippen LogP contribution is -2.44. The molecule has 0 aromatic heterocycles. The van der Waals surface area contributed by atoms with Crippen LogP contribution in [0, 0.1) is 5.92 Å². The number of anilines is 1. The van der Waals surface area contributed by atoms with Gasteiger partial charge in [0.25, 0.3) is 0 Å². The molecule has 2 unspecified atom stereocenters. The summed E-state index contributed by atoms with van der Waals surface area (Å²) in [4.78, 5) is 37.2. The molecule has 1 aliphatic rings. The number of amides is 2. The summed E-state index contributed by atoms with van der Waals surface area (Å²) >= 11 is 3.40. The highest BCUT2D eigenvalue weighted by molar-refractivity contribution is 9.10. The summed E-state index contributed by atoms with van der Waals surface area (Å²) in [6, 6.07) is 6.40. The minimum Gasteiger partial charge on any atom is -0.480 e. The van der Waals surface area contributed by atoms with E-state index in [4.69, 9.17) is 5.11 Å². The molecule has 124 valence electrons. The van der Waals surface area contributed by atoms with Crippen molar-refractivity contribution in [2.45, 2.75) is 32.2 Å². The number of carbonyl (C=O) groups is 3. The number of benzene rings is 1. The average molecular weight is 383 g/mol. The number of nitrogens with one attached hydrogen (secondary N) is 1. The highest BCUT2D eigenvalue weighted by Gasteiger charge is 2.36. The fourth-order valence-corrected chi connectivity index (χ4v) is 3.12. The third-order valence-corrected chi connectivity index (χ3v) is 4.50. The Morgan fingerprint density at radius 2 is 2.13 bits per heavy atom. The first-order valence-corrected chi connectivity index (χ1v) is 8.31. The maximum absolute atomic E-state index is 12.3. The highest BCUT2D eigenvalue weighted by Crippen LogP contribution is 2.31. The van der Waals surface area contributed by atoms with E-state index in [9.17, 15) is 14.4 Å². The normalized spacial score (nSPS) is 18.8. The Morgan fingerprint density at radius 1 is 1.43 bits per heavy atom. The van der Waals surface area contributed by atoms with Gasteiger partial charge in [0.2, 0.25) is 11.8 Å². The van der Waals surface area contributed by atoms with Crippen LogP contribution < -0.4 is 10.2 Å². The summed E-state index contributed by atoms with van der Waals surface area (Å²) < 4.78 is 0.781. The summed E-state index contributed by atoms with van der Waals surface area (Å²) in [5.41, 5.74) is 0.719. The number of carboxylic acids is 1. The van der Waals surface area contributed by atoms with Crippen molar-refractivity contribution < 1.29 is 19.5 Å². The average Bonchev–Trinajstić information content (AvgIpc) is 2.89. The van der Waals surface area contributed by atoms with E-state index in [0.717, 1.165) is 10.2 Å². The summed E-state index contributed by atoms with van der Waals surface area (Å²) in [7, 11) is 0.